The quantitative estimate of drug-likeness (QED) is 0.869. The highest BCUT2D eigenvalue weighted by molar-refractivity contribution is 7.99. The maximum absolute atomic E-state index is 11.7. The second-order valence-electron chi connectivity index (χ2n) is 5.21. The van der Waals surface area contributed by atoms with Crippen LogP contribution in [0.5, 0.6) is 0 Å². The number of benzene rings is 1. The molecule has 104 valence electrons. The van der Waals surface area contributed by atoms with Crippen molar-refractivity contribution in [3.8, 4) is 0 Å². The van der Waals surface area contributed by atoms with Crippen LogP contribution < -0.4 is 11.1 Å². The number of nitrogens with two attached hydrogens (primary N) is 1. The molecule has 0 aromatic heterocycles. The van der Waals surface area contributed by atoms with Crippen molar-refractivity contribution in [3.63, 3.8) is 0 Å². The summed E-state index contributed by atoms with van der Waals surface area (Å²) in [4.78, 5) is 11.7. The van der Waals surface area contributed by atoms with Crippen LogP contribution in [-0.4, -0.2) is 23.7 Å². The molecule has 0 aliphatic heterocycles. The Morgan fingerprint density at radius 3 is 2.84 bits per heavy atom. The average molecular weight is 278 g/mol. The van der Waals surface area contributed by atoms with Gasteiger partial charge in [0.05, 0.1) is 5.54 Å². The van der Waals surface area contributed by atoms with E-state index in [2.05, 4.69) is 29.6 Å². The van der Waals surface area contributed by atoms with Crippen molar-refractivity contribution in [1.29, 1.82) is 0 Å². The lowest BCUT2D eigenvalue weighted by Crippen LogP contribution is -2.57. The van der Waals surface area contributed by atoms with Crippen molar-refractivity contribution in [2.45, 2.75) is 42.2 Å². The van der Waals surface area contributed by atoms with Crippen LogP contribution in [0.1, 0.15) is 31.2 Å². The summed E-state index contributed by atoms with van der Waals surface area (Å²) in [6, 6.07) is 10.5. The lowest BCUT2D eigenvalue weighted by molar-refractivity contribution is -0.125. The normalized spacial score (nSPS) is 27.1. The van der Waals surface area contributed by atoms with Crippen LogP contribution in [0.25, 0.3) is 0 Å². The number of carbonyl (C=O) groups is 1. The maximum atomic E-state index is 11.7. The largest absolute Gasteiger partial charge is 0.368 e. The van der Waals surface area contributed by atoms with Crippen molar-refractivity contribution < 1.29 is 4.79 Å². The number of likely N-dealkylation sites (N-methyl/N-ethyl adjacent to an activating group) is 1. The molecule has 19 heavy (non-hydrogen) atoms. The molecule has 1 aliphatic carbocycles. The first kappa shape index (κ1) is 14.4. The Hall–Kier alpha value is -1.00. The first-order valence-electron chi connectivity index (χ1n) is 6.81. The number of hydrogen-bond donors (Lipinski definition) is 2. The van der Waals surface area contributed by atoms with E-state index in [1.54, 1.807) is 0 Å². The Bertz CT molecular complexity index is 423. The van der Waals surface area contributed by atoms with Crippen LogP contribution in [0.15, 0.2) is 30.3 Å². The van der Waals surface area contributed by atoms with Crippen LogP contribution in [-0.2, 0) is 10.5 Å². The molecule has 2 rings (SSSR count). The van der Waals surface area contributed by atoms with Crippen molar-refractivity contribution >= 4 is 17.7 Å². The lowest BCUT2D eigenvalue weighted by atomic mass is 9.81. The summed E-state index contributed by atoms with van der Waals surface area (Å²) in [5, 5.41) is 3.67. The summed E-state index contributed by atoms with van der Waals surface area (Å²) in [6.45, 7) is 0. The Balaban J connectivity index is 1.93. The van der Waals surface area contributed by atoms with Crippen LogP contribution in [0.4, 0.5) is 0 Å². The molecule has 1 aliphatic rings. The maximum Gasteiger partial charge on any atom is 0.237 e. The second kappa shape index (κ2) is 6.44. The Morgan fingerprint density at radius 2 is 2.21 bits per heavy atom. The van der Waals surface area contributed by atoms with Crippen LogP contribution in [0, 0.1) is 0 Å². The van der Waals surface area contributed by atoms with E-state index in [4.69, 9.17) is 5.73 Å². The summed E-state index contributed by atoms with van der Waals surface area (Å²) in [5.74, 6) is 0.796. The lowest BCUT2D eigenvalue weighted by Gasteiger charge is -2.38. The highest BCUT2D eigenvalue weighted by Crippen LogP contribution is 2.36. The number of nitrogens with one attached hydrogen (secondary N) is 1. The summed E-state index contributed by atoms with van der Waals surface area (Å²) in [7, 11) is 1.84. The molecule has 0 saturated heterocycles. The number of thioether (sulfide) groups is 1. The van der Waals surface area contributed by atoms with E-state index in [9.17, 15) is 4.79 Å². The molecule has 0 radical (unpaired) electrons. The van der Waals surface area contributed by atoms with Gasteiger partial charge in [-0.25, -0.2) is 0 Å². The van der Waals surface area contributed by atoms with E-state index in [-0.39, 0.29) is 5.91 Å². The Kier molecular flexibility index (Phi) is 4.88. The van der Waals surface area contributed by atoms with E-state index >= 15 is 0 Å². The highest BCUT2D eigenvalue weighted by Gasteiger charge is 2.40. The summed E-state index contributed by atoms with van der Waals surface area (Å²) in [5.41, 5.74) is 6.42. The van der Waals surface area contributed by atoms with Crippen molar-refractivity contribution in [2.75, 3.05) is 7.05 Å². The third kappa shape index (κ3) is 3.51. The molecule has 3 nitrogen and oxygen atoms in total. The van der Waals surface area contributed by atoms with Gasteiger partial charge in [-0.3, -0.25) is 4.79 Å². The van der Waals surface area contributed by atoms with Gasteiger partial charge >= 0.3 is 0 Å². The fourth-order valence-corrected chi connectivity index (χ4v) is 4.09. The molecular weight excluding hydrogens is 256 g/mol. The van der Waals surface area contributed by atoms with Crippen molar-refractivity contribution in [1.82, 2.24) is 5.32 Å². The van der Waals surface area contributed by atoms with Gasteiger partial charge in [0.25, 0.3) is 0 Å². The molecule has 1 amide bonds. The molecule has 1 aromatic rings. The zero-order valence-electron chi connectivity index (χ0n) is 11.4. The minimum atomic E-state index is -0.493. The number of primary amides is 1. The molecule has 0 spiro atoms. The van der Waals surface area contributed by atoms with E-state index in [1.165, 1.54) is 12.0 Å². The molecular formula is C15H22N2OS. The van der Waals surface area contributed by atoms with Crippen LogP contribution in [0.2, 0.25) is 0 Å². The third-order valence-electron chi connectivity index (χ3n) is 3.98. The van der Waals surface area contributed by atoms with Gasteiger partial charge in [-0.05, 0) is 38.3 Å². The first-order valence-corrected chi connectivity index (χ1v) is 7.85. The molecule has 1 saturated carbocycles. The molecule has 1 fully saturated rings. The van der Waals surface area contributed by atoms with E-state index in [1.807, 2.05) is 24.9 Å². The Labute approximate surface area is 119 Å². The molecule has 4 heteroatoms. The number of rotatable bonds is 5. The number of hydrogen-bond acceptors (Lipinski definition) is 3. The van der Waals surface area contributed by atoms with Gasteiger partial charge in [-0.2, -0.15) is 11.8 Å². The van der Waals surface area contributed by atoms with E-state index in [0.717, 1.165) is 25.0 Å². The minimum Gasteiger partial charge on any atom is -0.368 e. The van der Waals surface area contributed by atoms with E-state index in [0.29, 0.717) is 5.25 Å². The topological polar surface area (TPSA) is 55.1 Å². The van der Waals surface area contributed by atoms with Gasteiger partial charge in [0.1, 0.15) is 0 Å². The highest BCUT2D eigenvalue weighted by atomic mass is 32.2. The molecule has 2 unspecified atom stereocenters. The monoisotopic (exact) mass is 278 g/mol. The zero-order chi connectivity index (χ0) is 13.7. The van der Waals surface area contributed by atoms with Gasteiger partial charge in [-0.15, -0.1) is 0 Å². The first-order chi connectivity index (χ1) is 9.16. The predicted molar refractivity (Wildman–Crippen MR) is 81.0 cm³/mol. The molecule has 0 heterocycles. The Morgan fingerprint density at radius 1 is 1.47 bits per heavy atom. The fraction of sp³-hybridized carbons (Fsp3) is 0.533. The van der Waals surface area contributed by atoms with Gasteiger partial charge in [0.15, 0.2) is 0 Å². The summed E-state index contributed by atoms with van der Waals surface area (Å²) in [6.07, 6.45) is 3.95. The van der Waals surface area contributed by atoms with Gasteiger partial charge < -0.3 is 11.1 Å². The molecule has 2 atom stereocenters. The SMILES string of the molecule is CNC1(C(N)=O)CCCC(SCc2ccccc2)C1. The average Bonchev–Trinajstić information content (AvgIpc) is 2.46. The standard InChI is InChI=1S/C15H22N2OS/c1-17-15(14(16)18)9-5-8-13(10-15)19-11-12-6-3-2-4-7-12/h2-4,6-7,13,17H,5,8-11H2,1H3,(H2,16,18). The van der Waals surface area contributed by atoms with Crippen LogP contribution in [0.3, 0.4) is 0 Å². The molecule has 0 bridgehead atoms. The van der Waals surface area contributed by atoms with Gasteiger partial charge in [-0.1, -0.05) is 30.3 Å². The smallest absolute Gasteiger partial charge is 0.237 e. The van der Waals surface area contributed by atoms with Crippen molar-refractivity contribution in [3.05, 3.63) is 35.9 Å². The number of carbonyl (C=O) groups excluding carboxylic acids is 1. The van der Waals surface area contributed by atoms with Crippen LogP contribution >= 0.6 is 11.8 Å². The third-order valence-corrected chi connectivity index (χ3v) is 5.36. The second-order valence-corrected chi connectivity index (χ2v) is 6.50. The van der Waals surface area contributed by atoms with E-state index < -0.39 is 5.54 Å². The zero-order valence-corrected chi connectivity index (χ0v) is 12.2. The van der Waals surface area contributed by atoms with Gasteiger partial charge in [0.2, 0.25) is 5.91 Å². The van der Waals surface area contributed by atoms with Gasteiger partial charge in [0, 0.05) is 11.0 Å². The van der Waals surface area contributed by atoms with Crippen molar-refractivity contribution in [2.24, 2.45) is 5.73 Å². The predicted octanol–water partition coefficient (Wildman–Crippen LogP) is 2.31. The molecule has 3 N–H and O–H groups in total. The molecule has 1 aromatic carbocycles. The summed E-state index contributed by atoms with van der Waals surface area (Å²) < 4.78 is 0. The fourth-order valence-electron chi connectivity index (χ4n) is 2.73. The minimum absolute atomic E-state index is 0.208. The number of amides is 1. The summed E-state index contributed by atoms with van der Waals surface area (Å²) >= 11 is 1.94.